The smallest absolute Gasteiger partial charge is 0.246 e. The Balaban J connectivity index is 1.28. The molecule has 2 aliphatic heterocycles. The van der Waals surface area contributed by atoms with Gasteiger partial charge in [-0.2, -0.15) is 15.0 Å². The van der Waals surface area contributed by atoms with Crippen LogP contribution in [0.1, 0.15) is 24.0 Å². The minimum Gasteiger partial charge on any atom is -0.497 e. The molecule has 1 spiro atoms. The van der Waals surface area contributed by atoms with Crippen LogP contribution in [0.15, 0.2) is 42.5 Å². The topological polar surface area (TPSA) is 69.5 Å². The number of ether oxygens (including phenoxy) is 2. The zero-order chi connectivity index (χ0) is 19.8. The van der Waals surface area contributed by atoms with Gasteiger partial charge in [0.15, 0.2) is 0 Å². The molecule has 0 unspecified atom stereocenters. The zero-order valence-electron chi connectivity index (χ0n) is 16.5. The summed E-state index contributed by atoms with van der Waals surface area (Å²) in [5, 5.41) is 8.80. The predicted octanol–water partition coefficient (Wildman–Crippen LogP) is 2.53. The predicted molar refractivity (Wildman–Crippen MR) is 108 cm³/mol. The fourth-order valence-corrected chi connectivity index (χ4v) is 4.51. The molecule has 0 N–H and O–H groups in total. The second-order valence-electron chi connectivity index (χ2n) is 7.72. The van der Waals surface area contributed by atoms with Gasteiger partial charge in [0, 0.05) is 13.1 Å². The van der Waals surface area contributed by atoms with Gasteiger partial charge in [0.2, 0.25) is 5.91 Å². The molecule has 2 aromatic carbocycles. The molecular formula is C22H24N4O3. The minimum atomic E-state index is -0.296. The standard InChI is InChI=1S/C22H24N4O3/c1-28-17-6-7-18-16(14-17)8-13-29-22(18)9-11-25(12-10-22)21(27)15-26-23-19-4-2-3-5-20(19)24-26/h2-7,14H,8-13,15H2,1H3. The number of aromatic nitrogens is 3. The monoisotopic (exact) mass is 392 g/mol. The van der Waals surface area contributed by atoms with E-state index in [4.69, 9.17) is 9.47 Å². The molecule has 150 valence electrons. The highest BCUT2D eigenvalue weighted by molar-refractivity contribution is 5.77. The summed E-state index contributed by atoms with van der Waals surface area (Å²) in [5.41, 5.74) is 3.86. The third-order valence-corrected chi connectivity index (χ3v) is 6.08. The summed E-state index contributed by atoms with van der Waals surface area (Å²) in [6.07, 6.45) is 2.49. The molecule has 1 aromatic heterocycles. The Bertz CT molecular complexity index is 1020. The van der Waals surface area contributed by atoms with Gasteiger partial charge in [0.1, 0.15) is 23.3 Å². The Morgan fingerprint density at radius 2 is 1.86 bits per heavy atom. The number of hydrogen-bond donors (Lipinski definition) is 0. The van der Waals surface area contributed by atoms with Crippen molar-refractivity contribution >= 4 is 16.9 Å². The molecule has 1 fully saturated rings. The van der Waals surface area contributed by atoms with E-state index in [1.54, 1.807) is 7.11 Å². The number of carbonyl (C=O) groups is 1. The van der Waals surface area contributed by atoms with E-state index in [9.17, 15) is 4.79 Å². The molecule has 7 nitrogen and oxygen atoms in total. The molecule has 0 bridgehead atoms. The molecule has 0 radical (unpaired) electrons. The van der Waals surface area contributed by atoms with Gasteiger partial charge in [-0.1, -0.05) is 18.2 Å². The Labute approximate surface area is 169 Å². The summed E-state index contributed by atoms with van der Waals surface area (Å²) in [6.45, 7) is 2.21. The van der Waals surface area contributed by atoms with Crippen molar-refractivity contribution in [1.82, 2.24) is 19.9 Å². The number of nitrogens with zero attached hydrogens (tertiary/aromatic N) is 4. The molecule has 0 atom stereocenters. The van der Waals surface area contributed by atoms with Crippen LogP contribution in [0.2, 0.25) is 0 Å². The van der Waals surface area contributed by atoms with Crippen molar-refractivity contribution in [1.29, 1.82) is 0 Å². The van der Waals surface area contributed by atoms with Crippen LogP contribution in [0.4, 0.5) is 0 Å². The highest BCUT2D eigenvalue weighted by atomic mass is 16.5. The lowest BCUT2D eigenvalue weighted by Gasteiger charge is -2.45. The number of amides is 1. The van der Waals surface area contributed by atoms with Gasteiger partial charge in [0.25, 0.3) is 0 Å². The Hall–Kier alpha value is -2.93. The maximum absolute atomic E-state index is 12.8. The first-order valence-electron chi connectivity index (χ1n) is 10.1. The molecular weight excluding hydrogens is 368 g/mol. The third-order valence-electron chi connectivity index (χ3n) is 6.08. The maximum Gasteiger partial charge on any atom is 0.246 e. The van der Waals surface area contributed by atoms with Gasteiger partial charge in [-0.25, -0.2) is 0 Å². The van der Waals surface area contributed by atoms with Crippen molar-refractivity contribution in [2.24, 2.45) is 0 Å². The normalized spacial score (nSPS) is 18.0. The average molecular weight is 392 g/mol. The van der Waals surface area contributed by atoms with Crippen molar-refractivity contribution in [2.75, 3.05) is 26.8 Å². The van der Waals surface area contributed by atoms with Crippen LogP contribution in [0.3, 0.4) is 0 Å². The third kappa shape index (κ3) is 3.25. The zero-order valence-corrected chi connectivity index (χ0v) is 16.5. The number of hydrogen-bond acceptors (Lipinski definition) is 5. The fourth-order valence-electron chi connectivity index (χ4n) is 4.51. The van der Waals surface area contributed by atoms with E-state index >= 15 is 0 Å². The van der Waals surface area contributed by atoms with Crippen molar-refractivity contribution < 1.29 is 14.3 Å². The van der Waals surface area contributed by atoms with Crippen molar-refractivity contribution in [3.63, 3.8) is 0 Å². The van der Waals surface area contributed by atoms with Crippen molar-refractivity contribution in [2.45, 2.75) is 31.4 Å². The summed E-state index contributed by atoms with van der Waals surface area (Å²) in [6, 6.07) is 13.9. The summed E-state index contributed by atoms with van der Waals surface area (Å²) in [5.74, 6) is 0.929. The first kappa shape index (κ1) is 18.1. The van der Waals surface area contributed by atoms with Crippen LogP contribution in [-0.4, -0.2) is 52.6 Å². The Kier molecular flexibility index (Phi) is 4.47. The summed E-state index contributed by atoms with van der Waals surface area (Å²) < 4.78 is 11.7. The van der Waals surface area contributed by atoms with Crippen molar-refractivity contribution in [3.8, 4) is 5.75 Å². The van der Waals surface area contributed by atoms with Crippen LogP contribution in [0, 0.1) is 0 Å². The van der Waals surface area contributed by atoms with Crippen LogP contribution in [0.5, 0.6) is 5.75 Å². The number of fused-ring (bicyclic) bond motifs is 3. The molecule has 5 rings (SSSR count). The molecule has 2 aliphatic rings. The maximum atomic E-state index is 12.8. The molecule has 7 heteroatoms. The highest BCUT2D eigenvalue weighted by Gasteiger charge is 2.41. The summed E-state index contributed by atoms with van der Waals surface area (Å²) in [7, 11) is 1.69. The van der Waals surface area contributed by atoms with E-state index in [0.29, 0.717) is 19.7 Å². The van der Waals surface area contributed by atoms with E-state index in [2.05, 4.69) is 22.3 Å². The number of carbonyl (C=O) groups excluding carboxylic acids is 1. The summed E-state index contributed by atoms with van der Waals surface area (Å²) >= 11 is 0. The average Bonchev–Trinajstić information content (AvgIpc) is 3.16. The van der Waals surface area contributed by atoms with Gasteiger partial charge in [-0.05, 0) is 54.7 Å². The largest absolute Gasteiger partial charge is 0.497 e. The number of methoxy groups -OCH3 is 1. The minimum absolute atomic E-state index is 0.0471. The second kappa shape index (κ2) is 7.15. The first-order chi connectivity index (χ1) is 14.2. The number of piperidine rings is 1. The first-order valence-corrected chi connectivity index (χ1v) is 10.1. The van der Waals surface area contributed by atoms with E-state index in [1.165, 1.54) is 15.9 Å². The second-order valence-corrected chi connectivity index (χ2v) is 7.72. The fraction of sp³-hybridized carbons (Fsp3) is 0.409. The van der Waals surface area contributed by atoms with Gasteiger partial charge >= 0.3 is 0 Å². The van der Waals surface area contributed by atoms with Crippen LogP contribution in [-0.2, 0) is 28.1 Å². The summed E-state index contributed by atoms with van der Waals surface area (Å²) in [4.78, 5) is 16.2. The van der Waals surface area contributed by atoms with Gasteiger partial charge < -0.3 is 14.4 Å². The Morgan fingerprint density at radius 3 is 2.55 bits per heavy atom. The SMILES string of the molecule is COc1ccc2c(c1)CCOC21CCN(C(=O)Cn2nc3ccccc3n2)CC1. The molecule has 29 heavy (non-hydrogen) atoms. The molecule has 1 amide bonds. The van der Waals surface area contributed by atoms with E-state index < -0.39 is 0 Å². The molecule has 3 aromatic rings. The van der Waals surface area contributed by atoms with E-state index in [-0.39, 0.29) is 18.1 Å². The van der Waals surface area contributed by atoms with E-state index in [1.807, 2.05) is 35.2 Å². The van der Waals surface area contributed by atoms with Gasteiger partial charge in [-0.15, -0.1) is 0 Å². The van der Waals surface area contributed by atoms with Gasteiger partial charge in [-0.3, -0.25) is 4.79 Å². The lowest BCUT2D eigenvalue weighted by Crippen LogP contribution is -2.49. The van der Waals surface area contributed by atoms with Crippen LogP contribution in [0.25, 0.3) is 11.0 Å². The molecule has 1 saturated heterocycles. The molecule has 0 aliphatic carbocycles. The van der Waals surface area contributed by atoms with E-state index in [0.717, 1.165) is 36.0 Å². The number of benzene rings is 2. The van der Waals surface area contributed by atoms with Gasteiger partial charge in [0.05, 0.1) is 19.3 Å². The Morgan fingerprint density at radius 1 is 1.14 bits per heavy atom. The quantitative estimate of drug-likeness (QED) is 0.685. The van der Waals surface area contributed by atoms with Crippen LogP contribution >= 0.6 is 0 Å². The number of rotatable bonds is 3. The van der Waals surface area contributed by atoms with Crippen molar-refractivity contribution in [3.05, 3.63) is 53.6 Å². The highest BCUT2D eigenvalue weighted by Crippen LogP contribution is 2.42. The molecule has 0 saturated carbocycles. The van der Waals surface area contributed by atoms with Crippen LogP contribution < -0.4 is 4.74 Å². The lowest BCUT2D eigenvalue weighted by molar-refractivity contribution is -0.141. The lowest BCUT2D eigenvalue weighted by atomic mass is 9.79. The molecule has 3 heterocycles. The number of likely N-dealkylation sites (tertiary alicyclic amines) is 1.